The molecule has 94 valence electrons. The third-order valence-electron chi connectivity index (χ3n) is 3.37. The van der Waals surface area contributed by atoms with E-state index >= 15 is 0 Å². The van der Waals surface area contributed by atoms with Gasteiger partial charge in [-0.15, -0.1) is 0 Å². The van der Waals surface area contributed by atoms with Crippen molar-refractivity contribution in [2.75, 3.05) is 43.4 Å². The van der Waals surface area contributed by atoms with Gasteiger partial charge in [-0.3, -0.25) is 0 Å². The lowest BCUT2D eigenvalue weighted by molar-refractivity contribution is 0.271. The number of hydrogen-bond donors (Lipinski definition) is 1. The third kappa shape index (κ3) is 2.75. The van der Waals surface area contributed by atoms with Gasteiger partial charge in [0.25, 0.3) is 0 Å². The summed E-state index contributed by atoms with van der Waals surface area (Å²) in [6, 6.07) is 4.18. The first-order valence-electron chi connectivity index (χ1n) is 6.14. The van der Waals surface area contributed by atoms with Crippen molar-refractivity contribution in [3.63, 3.8) is 0 Å². The van der Waals surface area contributed by atoms with Crippen LogP contribution in [0, 0.1) is 6.92 Å². The Bertz CT molecular complexity index is 375. The number of nitrogens with zero attached hydrogens (tertiary/aromatic N) is 2. The third-order valence-corrected chi connectivity index (χ3v) is 3.98. The Morgan fingerprint density at radius 1 is 1.24 bits per heavy atom. The van der Waals surface area contributed by atoms with Crippen LogP contribution >= 0.6 is 15.9 Å². The van der Waals surface area contributed by atoms with Crippen LogP contribution in [0.1, 0.15) is 12.5 Å². The standard InChI is InChI=1S/C13H20BrN3/c1-3-16-4-6-17(7-5-16)13-11(14)8-10(2)9-12(13)15/h8-9H,3-7,15H2,1-2H3. The predicted octanol–water partition coefficient (Wildman–Crippen LogP) is 2.48. The number of anilines is 2. The Morgan fingerprint density at radius 2 is 1.88 bits per heavy atom. The molecular weight excluding hydrogens is 278 g/mol. The predicted molar refractivity (Wildman–Crippen MR) is 77.6 cm³/mol. The first-order chi connectivity index (χ1) is 8.11. The van der Waals surface area contributed by atoms with Gasteiger partial charge in [0.15, 0.2) is 0 Å². The number of likely N-dealkylation sites (N-methyl/N-ethyl adjacent to an activating group) is 1. The summed E-state index contributed by atoms with van der Waals surface area (Å²) in [4.78, 5) is 4.85. The zero-order chi connectivity index (χ0) is 12.4. The highest BCUT2D eigenvalue weighted by molar-refractivity contribution is 9.10. The summed E-state index contributed by atoms with van der Waals surface area (Å²) < 4.78 is 1.11. The molecule has 0 amide bonds. The minimum absolute atomic E-state index is 0.877. The molecule has 17 heavy (non-hydrogen) atoms. The summed E-state index contributed by atoms with van der Waals surface area (Å²) in [5.74, 6) is 0. The molecule has 4 heteroatoms. The molecule has 2 rings (SSSR count). The Balaban J connectivity index is 2.18. The second-order valence-corrected chi connectivity index (χ2v) is 5.46. The lowest BCUT2D eigenvalue weighted by Gasteiger charge is -2.36. The van der Waals surface area contributed by atoms with E-state index in [4.69, 9.17) is 5.73 Å². The maximum absolute atomic E-state index is 6.13. The van der Waals surface area contributed by atoms with E-state index in [1.54, 1.807) is 0 Å². The number of hydrogen-bond acceptors (Lipinski definition) is 3. The first-order valence-corrected chi connectivity index (χ1v) is 6.94. The number of aryl methyl sites for hydroxylation is 1. The highest BCUT2D eigenvalue weighted by atomic mass is 79.9. The lowest BCUT2D eigenvalue weighted by Crippen LogP contribution is -2.46. The molecule has 1 heterocycles. The fraction of sp³-hybridized carbons (Fsp3) is 0.538. The molecule has 1 aliphatic rings. The summed E-state index contributed by atoms with van der Waals surface area (Å²) in [6.07, 6.45) is 0. The molecule has 1 aromatic rings. The van der Waals surface area contributed by atoms with Crippen molar-refractivity contribution >= 4 is 27.3 Å². The average molecular weight is 298 g/mol. The number of rotatable bonds is 2. The van der Waals surface area contributed by atoms with Crippen molar-refractivity contribution in [3.8, 4) is 0 Å². The van der Waals surface area contributed by atoms with E-state index in [0.717, 1.165) is 48.6 Å². The van der Waals surface area contributed by atoms with Gasteiger partial charge < -0.3 is 15.5 Å². The number of halogens is 1. The minimum Gasteiger partial charge on any atom is -0.397 e. The summed E-state index contributed by atoms with van der Waals surface area (Å²) in [5.41, 5.74) is 9.37. The van der Waals surface area contributed by atoms with Crippen LogP contribution in [0.4, 0.5) is 11.4 Å². The van der Waals surface area contributed by atoms with Gasteiger partial charge in [0.1, 0.15) is 0 Å². The SMILES string of the molecule is CCN1CCN(c2c(N)cc(C)cc2Br)CC1. The van der Waals surface area contributed by atoms with E-state index in [-0.39, 0.29) is 0 Å². The number of piperazine rings is 1. The first kappa shape index (κ1) is 12.7. The number of nitrogen functional groups attached to an aromatic ring is 1. The molecular formula is C13H20BrN3. The molecule has 0 radical (unpaired) electrons. The number of benzene rings is 1. The Morgan fingerprint density at radius 3 is 2.41 bits per heavy atom. The van der Waals surface area contributed by atoms with Crippen molar-refractivity contribution < 1.29 is 0 Å². The van der Waals surface area contributed by atoms with Crippen LogP contribution in [0.15, 0.2) is 16.6 Å². The maximum atomic E-state index is 6.13. The van der Waals surface area contributed by atoms with E-state index in [0.29, 0.717) is 0 Å². The van der Waals surface area contributed by atoms with Crippen molar-refractivity contribution in [1.82, 2.24) is 4.90 Å². The monoisotopic (exact) mass is 297 g/mol. The summed E-state index contributed by atoms with van der Waals surface area (Å²) in [6.45, 7) is 9.77. The molecule has 0 saturated carbocycles. The molecule has 0 aromatic heterocycles. The fourth-order valence-electron chi connectivity index (χ4n) is 2.38. The smallest absolute Gasteiger partial charge is 0.0745 e. The van der Waals surface area contributed by atoms with Crippen molar-refractivity contribution in [2.24, 2.45) is 0 Å². The second kappa shape index (κ2) is 5.27. The van der Waals surface area contributed by atoms with Gasteiger partial charge in [-0.2, -0.15) is 0 Å². The van der Waals surface area contributed by atoms with Crippen LogP contribution in [0.25, 0.3) is 0 Å². The molecule has 0 unspecified atom stereocenters. The van der Waals surface area contributed by atoms with Crippen molar-refractivity contribution in [3.05, 3.63) is 22.2 Å². The molecule has 0 bridgehead atoms. The van der Waals surface area contributed by atoms with E-state index in [1.807, 2.05) is 6.07 Å². The summed E-state index contributed by atoms with van der Waals surface area (Å²) in [5, 5.41) is 0. The molecule has 0 spiro atoms. The molecule has 2 N–H and O–H groups in total. The lowest BCUT2D eigenvalue weighted by atomic mass is 10.1. The van der Waals surface area contributed by atoms with Gasteiger partial charge in [-0.1, -0.05) is 6.92 Å². The molecule has 1 aliphatic heterocycles. The summed E-state index contributed by atoms with van der Waals surface area (Å²) >= 11 is 3.63. The fourth-order valence-corrected chi connectivity index (χ4v) is 3.22. The van der Waals surface area contributed by atoms with Gasteiger partial charge in [0.05, 0.1) is 11.4 Å². The summed E-state index contributed by atoms with van der Waals surface area (Å²) in [7, 11) is 0. The van der Waals surface area contributed by atoms with Crippen LogP contribution in [0.2, 0.25) is 0 Å². The van der Waals surface area contributed by atoms with E-state index in [2.05, 4.69) is 45.6 Å². The van der Waals surface area contributed by atoms with Crippen LogP contribution in [0.3, 0.4) is 0 Å². The normalized spacial score (nSPS) is 17.5. The highest BCUT2D eigenvalue weighted by Gasteiger charge is 2.19. The Kier molecular flexibility index (Phi) is 3.94. The topological polar surface area (TPSA) is 32.5 Å². The molecule has 1 saturated heterocycles. The zero-order valence-corrected chi connectivity index (χ0v) is 12.1. The van der Waals surface area contributed by atoms with Gasteiger partial charge in [0, 0.05) is 30.7 Å². The van der Waals surface area contributed by atoms with Crippen LogP contribution < -0.4 is 10.6 Å². The minimum atomic E-state index is 0.877. The van der Waals surface area contributed by atoms with Gasteiger partial charge >= 0.3 is 0 Å². The van der Waals surface area contributed by atoms with Gasteiger partial charge in [-0.05, 0) is 47.1 Å². The van der Waals surface area contributed by atoms with Crippen LogP contribution in [-0.2, 0) is 0 Å². The van der Waals surface area contributed by atoms with Crippen LogP contribution in [0.5, 0.6) is 0 Å². The highest BCUT2D eigenvalue weighted by Crippen LogP contribution is 2.34. The average Bonchev–Trinajstić information content (AvgIpc) is 2.28. The van der Waals surface area contributed by atoms with E-state index in [9.17, 15) is 0 Å². The quantitative estimate of drug-likeness (QED) is 0.851. The molecule has 0 aliphatic carbocycles. The van der Waals surface area contributed by atoms with E-state index < -0.39 is 0 Å². The van der Waals surface area contributed by atoms with Crippen LogP contribution in [-0.4, -0.2) is 37.6 Å². The number of nitrogens with two attached hydrogens (primary N) is 1. The Hall–Kier alpha value is -0.740. The van der Waals surface area contributed by atoms with E-state index in [1.165, 1.54) is 5.56 Å². The largest absolute Gasteiger partial charge is 0.397 e. The molecule has 1 aromatic carbocycles. The van der Waals surface area contributed by atoms with Gasteiger partial charge in [-0.25, -0.2) is 0 Å². The molecule has 3 nitrogen and oxygen atoms in total. The zero-order valence-electron chi connectivity index (χ0n) is 10.5. The second-order valence-electron chi connectivity index (χ2n) is 4.61. The van der Waals surface area contributed by atoms with Crippen molar-refractivity contribution in [1.29, 1.82) is 0 Å². The van der Waals surface area contributed by atoms with Gasteiger partial charge in [0.2, 0.25) is 0 Å². The Labute approximate surface area is 112 Å². The van der Waals surface area contributed by atoms with Crippen molar-refractivity contribution in [2.45, 2.75) is 13.8 Å². The maximum Gasteiger partial charge on any atom is 0.0745 e. The molecule has 0 atom stereocenters. The molecule has 1 fully saturated rings.